The first kappa shape index (κ1) is 15.6. The van der Waals surface area contributed by atoms with Crippen molar-refractivity contribution in [3.8, 4) is 5.75 Å². The Hall–Kier alpha value is -0.450. The molecule has 0 amide bonds. The molecule has 0 aromatic heterocycles. The van der Waals surface area contributed by atoms with E-state index in [2.05, 4.69) is 0 Å². The normalized spacial score (nSPS) is 13.3. The topological polar surface area (TPSA) is 43.4 Å². The highest BCUT2D eigenvalue weighted by Crippen LogP contribution is 2.18. The summed E-state index contributed by atoms with van der Waals surface area (Å²) in [5.74, 6) is 0.524. The second-order valence-corrected chi connectivity index (χ2v) is 7.38. The van der Waals surface area contributed by atoms with E-state index in [-0.39, 0.29) is 11.7 Å². The molecule has 0 N–H and O–H groups in total. The van der Waals surface area contributed by atoms with E-state index in [4.69, 9.17) is 27.0 Å². The number of halogens is 2. The molecule has 0 radical (unpaired) electrons. The van der Waals surface area contributed by atoms with Crippen molar-refractivity contribution in [3.05, 3.63) is 29.3 Å². The lowest BCUT2D eigenvalue weighted by atomic mass is 10.1. The first-order chi connectivity index (χ1) is 8.40. The van der Waals surface area contributed by atoms with Crippen LogP contribution in [-0.2, 0) is 9.05 Å². The summed E-state index contributed by atoms with van der Waals surface area (Å²) in [6.45, 7) is 2.33. The van der Waals surface area contributed by atoms with E-state index in [9.17, 15) is 8.42 Å². The Morgan fingerprint density at radius 3 is 2.39 bits per heavy atom. The van der Waals surface area contributed by atoms with Crippen LogP contribution in [-0.4, -0.2) is 20.8 Å². The standard InChI is InChI=1S/C12H16Cl2O3S/c1-2-3-10(9-18(14,15)16)8-17-12-6-4-11(13)5-7-12/h4-7,10H,2-3,8-9H2,1H3. The van der Waals surface area contributed by atoms with Crippen molar-refractivity contribution in [2.45, 2.75) is 19.8 Å². The first-order valence-corrected chi connectivity index (χ1v) is 8.57. The average molecular weight is 311 g/mol. The van der Waals surface area contributed by atoms with Crippen molar-refractivity contribution in [2.24, 2.45) is 5.92 Å². The van der Waals surface area contributed by atoms with Crippen molar-refractivity contribution in [2.75, 3.05) is 12.4 Å². The Balaban J connectivity index is 2.54. The number of hydrogen-bond donors (Lipinski definition) is 0. The van der Waals surface area contributed by atoms with Crippen molar-refractivity contribution in [1.29, 1.82) is 0 Å². The molecule has 0 heterocycles. The van der Waals surface area contributed by atoms with Gasteiger partial charge in [0.25, 0.3) is 0 Å². The van der Waals surface area contributed by atoms with Gasteiger partial charge < -0.3 is 4.74 Å². The molecule has 0 aliphatic heterocycles. The van der Waals surface area contributed by atoms with E-state index in [1.807, 2.05) is 6.92 Å². The van der Waals surface area contributed by atoms with Crippen LogP contribution < -0.4 is 4.74 Å². The van der Waals surface area contributed by atoms with Gasteiger partial charge in [-0.1, -0.05) is 24.9 Å². The molecule has 1 aromatic carbocycles. The van der Waals surface area contributed by atoms with Crippen LogP contribution in [0.3, 0.4) is 0 Å². The Bertz CT molecular complexity index is 457. The SMILES string of the molecule is CCCC(COc1ccc(Cl)cc1)CS(=O)(=O)Cl. The average Bonchev–Trinajstić information content (AvgIpc) is 2.26. The molecular formula is C12H16Cl2O3S. The highest BCUT2D eigenvalue weighted by molar-refractivity contribution is 8.13. The minimum absolute atomic E-state index is 0.0595. The van der Waals surface area contributed by atoms with Crippen LogP contribution in [0, 0.1) is 5.92 Å². The van der Waals surface area contributed by atoms with Crippen molar-refractivity contribution in [3.63, 3.8) is 0 Å². The Morgan fingerprint density at radius 1 is 1.28 bits per heavy atom. The lowest BCUT2D eigenvalue weighted by Crippen LogP contribution is -2.19. The van der Waals surface area contributed by atoms with E-state index in [1.54, 1.807) is 24.3 Å². The van der Waals surface area contributed by atoms with Crippen LogP contribution in [0.4, 0.5) is 0 Å². The Labute approximate surface area is 117 Å². The molecule has 1 rings (SSSR count). The van der Waals surface area contributed by atoms with Crippen molar-refractivity contribution in [1.82, 2.24) is 0 Å². The maximum atomic E-state index is 11.1. The zero-order valence-electron chi connectivity index (χ0n) is 10.1. The lowest BCUT2D eigenvalue weighted by Gasteiger charge is -2.15. The van der Waals surface area contributed by atoms with Gasteiger partial charge in [-0.3, -0.25) is 0 Å². The van der Waals surface area contributed by atoms with Crippen LogP contribution in [0.1, 0.15) is 19.8 Å². The zero-order chi connectivity index (χ0) is 13.6. The van der Waals surface area contributed by atoms with Crippen molar-refractivity contribution < 1.29 is 13.2 Å². The van der Waals surface area contributed by atoms with E-state index in [0.29, 0.717) is 17.4 Å². The van der Waals surface area contributed by atoms with E-state index in [1.165, 1.54) is 0 Å². The van der Waals surface area contributed by atoms with Gasteiger partial charge in [-0.25, -0.2) is 8.42 Å². The second-order valence-electron chi connectivity index (χ2n) is 4.13. The molecule has 0 aliphatic rings. The summed E-state index contributed by atoms with van der Waals surface area (Å²) in [6.07, 6.45) is 1.65. The maximum Gasteiger partial charge on any atom is 0.232 e. The number of hydrogen-bond acceptors (Lipinski definition) is 3. The maximum absolute atomic E-state index is 11.1. The summed E-state index contributed by atoms with van der Waals surface area (Å²) < 4.78 is 27.7. The van der Waals surface area contributed by atoms with Gasteiger partial charge in [-0.2, -0.15) is 0 Å². The molecule has 102 valence electrons. The summed E-state index contributed by atoms with van der Waals surface area (Å²) in [5.41, 5.74) is 0. The molecule has 0 bridgehead atoms. The predicted molar refractivity (Wildman–Crippen MR) is 75.0 cm³/mol. The lowest BCUT2D eigenvalue weighted by molar-refractivity contribution is 0.253. The van der Waals surface area contributed by atoms with Gasteiger partial charge >= 0.3 is 0 Å². The van der Waals surface area contributed by atoms with Crippen LogP contribution in [0.5, 0.6) is 5.75 Å². The minimum Gasteiger partial charge on any atom is -0.493 e. The summed E-state index contributed by atoms with van der Waals surface area (Å²) in [5, 5.41) is 0.635. The van der Waals surface area contributed by atoms with Gasteiger partial charge in [-0.15, -0.1) is 0 Å². The number of ether oxygens (including phenoxy) is 1. The highest BCUT2D eigenvalue weighted by atomic mass is 35.7. The molecule has 6 heteroatoms. The molecule has 0 saturated heterocycles. The van der Waals surface area contributed by atoms with Crippen molar-refractivity contribution >= 4 is 31.3 Å². The summed E-state index contributed by atoms with van der Waals surface area (Å²) in [7, 11) is 1.78. The molecule has 3 nitrogen and oxygen atoms in total. The number of benzene rings is 1. The van der Waals surface area contributed by atoms with Crippen LogP contribution in [0.2, 0.25) is 5.02 Å². The van der Waals surface area contributed by atoms with E-state index < -0.39 is 9.05 Å². The first-order valence-electron chi connectivity index (χ1n) is 5.71. The van der Waals surface area contributed by atoms with Gasteiger partial charge in [0, 0.05) is 21.6 Å². The predicted octanol–water partition coefficient (Wildman–Crippen LogP) is 3.70. The largest absolute Gasteiger partial charge is 0.493 e. The fourth-order valence-electron chi connectivity index (χ4n) is 1.65. The molecule has 0 saturated carbocycles. The third-order valence-corrected chi connectivity index (χ3v) is 3.93. The zero-order valence-corrected chi connectivity index (χ0v) is 12.4. The van der Waals surface area contributed by atoms with Crippen LogP contribution in [0.15, 0.2) is 24.3 Å². The van der Waals surface area contributed by atoms with Gasteiger partial charge in [-0.05, 0) is 30.7 Å². The second kappa shape index (κ2) is 7.22. The molecule has 18 heavy (non-hydrogen) atoms. The molecular weight excluding hydrogens is 295 g/mol. The molecule has 0 spiro atoms. The minimum atomic E-state index is -3.49. The fourth-order valence-corrected chi connectivity index (χ4v) is 3.14. The summed E-state index contributed by atoms with van der Waals surface area (Å²) >= 11 is 5.76. The van der Waals surface area contributed by atoms with E-state index in [0.717, 1.165) is 12.8 Å². The van der Waals surface area contributed by atoms with Gasteiger partial charge in [0.2, 0.25) is 9.05 Å². The Morgan fingerprint density at radius 2 is 1.89 bits per heavy atom. The molecule has 0 aliphatic carbocycles. The summed E-state index contributed by atoms with van der Waals surface area (Å²) in [4.78, 5) is 0. The van der Waals surface area contributed by atoms with Gasteiger partial charge in [0.15, 0.2) is 0 Å². The van der Waals surface area contributed by atoms with Crippen LogP contribution in [0.25, 0.3) is 0 Å². The molecule has 1 atom stereocenters. The highest BCUT2D eigenvalue weighted by Gasteiger charge is 2.17. The number of rotatable bonds is 7. The third kappa shape index (κ3) is 6.47. The third-order valence-electron chi connectivity index (χ3n) is 2.43. The van der Waals surface area contributed by atoms with Crippen LogP contribution >= 0.6 is 22.3 Å². The Kier molecular flexibility index (Phi) is 6.26. The van der Waals surface area contributed by atoms with Gasteiger partial charge in [0.05, 0.1) is 12.4 Å². The summed E-state index contributed by atoms with van der Waals surface area (Å²) in [6, 6.07) is 6.95. The quantitative estimate of drug-likeness (QED) is 0.721. The monoisotopic (exact) mass is 310 g/mol. The fraction of sp³-hybridized carbons (Fsp3) is 0.500. The molecule has 0 fully saturated rings. The van der Waals surface area contributed by atoms with E-state index >= 15 is 0 Å². The molecule has 1 unspecified atom stereocenters. The van der Waals surface area contributed by atoms with Gasteiger partial charge in [0.1, 0.15) is 5.75 Å². The molecule has 1 aromatic rings. The smallest absolute Gasteiger partial charge is 0.232 e.